The van der Waals surface area contributed by atoms with Crippen LogP contribution in [0.2, 0.25) is 0 Å². The van der Waals surface area contributed by atoms with E-state index in [9.17, 15) is 4.79 Å². The molecule has 2 aromatic heterocycles. The highest BCUT2D eigenvalue weighted by atomic mass is 16.7. The number of nitrogens with zero attached hydrogens (tertiary/aromatic N) is 2. The smallest absolute Gasteiger partial charge is 0.257 e. The van der Waals surface area contributed by atoms with Gasteiger partial charge in [0.2, 0.25) is 6.79 Å². The first kappa shape index (κ1) is 18.1. The van der Waals surface area contributed by atoms with Crippen LogP contribution < -0.4 is 9.47 Å². The van der Waals surface area contributed by atoms with E-state index in [0.29, 0.717) is 22.9 Å². The minimum absolute atomic E-state index is 0.0128. The zero-order valence-corrected chi connectivity index (χ0v) is 16.9. The van der Waals surface area contributed by atoms with Gasteiger partial charge in [-0.1, -0.05) is 18.2 Å². The maximum absolute atomic E-state index is 13.3. The van der Waals surface area contributed by atoms with Crippen molar-refractivity contribution in [2.75, 3.05) is 19.9 Å². The number of carbonyl (C=O) groups excluding carboxylic acids is 1. The van der Waals surface area contributed by atoms with Crippen molar-refractivity contribution >= 4 is 16.8 Å². The molecule has 4 heterocycles. The number of benzene rings is 2. The number of fused-ring (bicyclic) bond motifs is 2. The van der Waals surface area contributed by atoms with Crippen molar-refractivity contribution < 1.29 is 14.3 Å². The molecule has 0 saturated carbocycles. The second kappa shape index (κ2) is 7.19. The van der Waals surface area contributed by atoms with Gasteiger partial charge in [0, 0.05) is 35.8 Å². The van der Waals surface area contributed by atoms with Gasteiger partial charge in [0.05, 0.1) is 17.5 Å². The number of likely N-dealkylation sites (tertiary alicyclic amines) is 1. The average Bonchev–Trinajstić information content (AvgIpc) is 3.57. The summed E-state index contributed by atoms with van der Waals surface area (Å²) in [6.07, 6.45) is 5.64. The number of piperidine rings is 1. The molecule has 2 aliphatic rings. The number of carbonyl (C=O) groups is 1. The molecule has 2 aliphatic heterocycles. The standard InChI is InChI=1S/C24H22N4O3/c29-24(19-13-26-27-23(19)16-5-6-21-22(11-16)31-14-30-21)28-9-7-15(8-10-28)18-12-25-20-4-2-1-3-17(18)20/h1-6,11-13,15,25H,7-10,14H2,(H,26,27). The molecule has 2 aromatic carbocycles. The minimum atomic E-state index is 0.0128. The normalized spacial score (nSPS) is 16.2. The van der Waals surface area contributed by atoms with Crippen molar-refractivity contribution in [1.29, 1.82) is 0 Å². The van der Waals surface area contributed by atoms with Gasteiger partial charge < -0.3 is 19.4 Å². The highest BCUT2D eigenvalue weighted by Gasteiger charge is 2.28. The molecule has 4 aromatic rings. The van der Waals surface area contributed by atoms with Gasteiger partial charge in [-0.3, -0.25) is 9.89 Å². The van der Waals surface area contributed by atoms with E-state index in [1.807, 2.05) is 29.2 Å². The molecule has 2 N–H and O–H groups in total. The van der Waals surface area contributed by atoms with Crippen LogP contribution in [0.4, 0.5) is 0 Å². The van der Waals surface area contributed by atoms with Gasteiger partial charge >= 0.3 is 0 Å². The number of aromatic amines is 2. The van der Waals surface area contributed by atoms with E-state index in [0.717, 1.165) is 37.2 Å². The Hall–Kier alpha value is -3.74. The predicted molar refractivity (Wildman–Crippen MR) is 116 cm³/mol. The van der Waals surface area contributed by atoms with E-state index in [2.05, 4.69) is 39.6 Å². The van der Waals surface area contributed by atoms with Crippen molar-refractivity contribution in [3.8, 4) is 22.8 Å². The number of H-pyrrole nitrogens is 2. The van der Waals surface area contributed by atoms with E-state index in [4.69, 9.17) is 9.47 Å². The summed E-state index contributed by atoms with van der Waals surface area (Å²) in [6.45, 7) is 1.68. The lowest BCUT2D eigenvalue weighted by molar-refractivity contribution is 0.0714. The average molecular weight is 414 g/mol. The van der Waals surface area contributed by atoms with Gasteiger partial charge in [-0.05, 0) is 48.6 Å². The number of hydrogen-bond acceptors (Lipinski definition) is 4. The fraction of sp³-hybridized carbons (Fsp3) is 0.250. The maximum Gasteiger partial charge on any atom is 0.257 e. The first-order valence-electron chi connectivity index (χ1n) is 10.6. The van der Waals surface area contributed by atoms with Gasteiger partial charge in [0.1, 0.15) is 0 Å². The molecule has 0 spiro atoms. The van der Waals surface area contributed by atoms with Crippen LogP contribution in [-0.4, -0.2) is 45.9 Å². The second-order valence-electron chi connectivity index (χ2n) is 8.08. The molecule has 0 radical (unpaired) electrons. The summed E-state index contributed by atoms with van der Waals surface area (Å²) in [7, 11) is 0. The van der Waals surface area contributed by atoms with Crippen LogP contribution in [0.3, 0.4) is 0 Å². The second-order valence-corrected chi connectivity index (χ2v) is 8.08. The Morgan fingerprint density at radius 2 is 1.90 bits per heavy atom. The lowest BCUT2D eigenvalue weighted by Crippen LogP contribution is -2.38. The summed E-state index contributed by atoms with van der Waals surface area (Å²) in [5.74, 6) is 1.87. The van der Waals surface area contributed by atoms with Crippen molar-refractivity contribution in [3.05, 3.63) is 66.0 Å². The summed E-state index contributed by atoms with van der Waals surface area (Å²) >= 11 is 0. The molecule has 0 bridgehead atoms. The molecule has 156 valence electrons. The predicted octanol–water partition coefficient (Wildman–Crippen LogP) is 4.31. The van der Waals surface area contributed by atoms with Gasteiger partial charge in [0.15, 0.2) is 11.5 Å². The Morgan fingerprint density at radius 1 is 1.06 bits per heavy atom. The van der Waals surface area contributed by atoms with Crippen LogP contribution >= 0.6 is 0 Å². The molecule has 6 rings (SSSR count). The Labute approximate surface area is 179 Å². The van der Waals surface area contributed by atoms with E-state index in [-0.39, 0.29) is 12.7 Å². The molecular weight excluding hydrogens is 392 g/mol. The highest BCUT2D eigenvalue weighted by Crippen LogP contribution is 2.37. The third-order valence-electron chi connectivity index (χ3n) is 6.37. The molecule has 1 saturated heterocycles. The van der Waals surface area contributed by atoms with Crippen molar-refractivity contribution in [2.45, 2.75) is 18.8 Å². The molecule has 1 fully saturated rings. The van der Waals surface area contributed by atoms with Gasteiger partial charge in [-0.15, -0.1) is 0 Å². The maximum atomic E-state index is 13.3. The highest BCUT2D eigenvalue weighted by molar-refractivity contribution is 6.00. The number of amides is 1. The Balaban J connectivity index is 1.20. The fourth-order valence-corrected chi connectivity index (χ4v) is 4.72. The van der Waals surface area contributed by atoms with Gasteiger partial charge in [-0.25, -0.2) is 0 Å². The molecule has 0 atom stereocenters. The first-order chi connectivity index (χ1) is 15.3. The topological polar surface area (TPSA) is 83.2 Å². The van der Waals surface area contributed by atoms with Crippen LogP contribution in [0.1, 0.15) is 34.7 Å². The Morgan fingerprint density at radius 3 is 2.81 bits per heavy atom. The molecule has 1 amide bonds. The number of hydrogen-bond donors (Lipinski definition) is 2. The summed E-state index contributed by atoms with van der Waals surface area (Å²) in [6, 6.07) is 14.1. The van der Waals surface area contributed by atoms with Gasteiger partial charge in [-0.2, -0.15) is 5.10 Å². The lowest BCUT2D eigenvalue weighted by Gasteiger charge is -2.32. The van der Waals surface area contributed by atoms with Crippen LogP contribution in [0.15, 0.2) is 54.9 Å². The van der Waals surface area contributed by atoms with Crippen LogP contribution in [0.25, 0.3) is 22.2 Å². The fourth-order valence-electron chi connectivity index (χ4n) is 4.72. The molecule has 0 aliphatic carbocycles. The summed E-state index contributed by atoms with van der Waals surface area (Å²) in [5, 5.41) is 8.42. The summed E-state index contributed by atoms with van der Waals surface area (Å²) < 4.78 is 10.9. The van der Waals surface area contributed by atoms with Crippen molar-refractivity contribution in [3.63, 3.8) is 0 Å². The van der Waals surface area contributed by atoms with E-state index in [1.54, 1.807) is 6.20 Å². The number of ether oxygens (including phenoxy) is 2. The number of aromatic nitrogens is 3. The number of rotatable bonds is 3. The third kappa shape index (κ3) is 3.04. The molecule has 0 unspecified atom stereocenters. The van der Waals surface area contributed by atoms with Crippen LogP contribution in [-0.2, 0) is 0 Å². The molecule has 7 nitrogen and oxygen atoms in total. The zero-order valence-electron chi connectivity index (χ0n) is 16.9. The van der Waals surface area contributed by atoms with Crippen LogP contribution in [0, 0.1) is 0 Å². The number of nitrogens with one attached hydrogen (secondary N) is 2. The SMILES string of the molecule is O=C(c1cn[nH]c1-c1ccc2c(c1)OCO2)N1CCC(c2c[nH]c3ccccc23)CC1. The molecule has 31 heavy (non-hydrogen) atoms. The van der Waals surface area contributed by atoms with Crippen molar-refractivity contribution in [1.82, 2.24) is 20.1 Å². The van der Waals surface area contributed by atoms with Crippen LogP contribution in [0.5, 0.6) is 11.5 Å². The first-order valence-corrected chi connectivity index (χ1v) is 10.6. The zero-order chi connectivity index (χ0) is 20.8. The summed E-state index contributed by atoms with van der Waals surface area (Å²) in [5.41, 5.74) is 4.68. The van der Waals surface area contributed by atoms with Crippen molar-refractivity contribution in [2.24, 2.45) is 0 Å². The Kier molecular flexibility index (Phi) is 4.19. The molecule has 7 heteroatoms. The van der Waals surface area contributed by atoms with E-state index >= 15 is 0 Å². The quantitative estimate of drug-likeness (QED) is 0.523. The largest absolute Gasteiger partial charge is 0.454 e. The van der Waals surface area contributed by atoms with Gasteiger partial charge in [0.25, 0.3) is 5.91 Å². The number of para-hydroxylation sites is 1. The molecular formula is C24H22N4O3. The third-order valence-corrected chi connectivity index (χ3v) is 6.37. The summed E-state index contributed by atoms with van der Waals surface area (Å²) in [4.78, 5) is 18.6. The van der Waals surface area contributed by atoms with E-state index < -0.39 is 0 Å². The van der Waals surface area contributed by atoms with E-state index in [1.165, 1.54) is 16.5 Å². The monoisotopic (exact) mass is 414 g/mol. The minimum Gasteiger partial charge on any atom is -0.454 e. The lowest BCUT2D eigenvalue weighted by atomic mass is 9.89. The Bertz CT molecular complexity index is 1270.